The number of rotatable bonds is 3. The summed E-state index contributed by atoms with van der Waals surface area (Å²) in [5.41, 5.74) is -3.14. The fraction of sp³-hybridized carbons (Fsp3) is 0.211. The van der Waals surface area contributed by atoms with Gasteiger partial charge in [0.25, 0.3) is 5.56 Å². The molecule has 0 bridgehead atoms. The van der Waals surface area contributed by atoms with Crippen LogP contribution < -0.4 is 10.3 Å². The number of pyridine rings is 1. The summed E-state index contributed by atoms with van der Waals surface area (Å²) in [5, 5.41) is -0.681. The zero-order valence-corrected chi connectivity index (χ0v) is 16.5. The zero-order valence-electron chi connectivity index (χ0n) is 15.7. The van der Waals surface area contributed by atoms with E-state index in [0.29, 0.717) is 11.8 Å². The van der Waals surface area contributed by atoms with Crippen LogP contribution in [0.25, 0.3) is 11.5 Å². The van der Waals surface area contributed by atoms with Crippen molar-refractivity contribution in [2.24, 2.45) is 0 Å². The molecule has 12 heteroatoms. The number of nitrogens with zero attached hydrogens (tertiary/aromatic N) is 2. The smallest absolute Gasteiger partial charge is 0.437 e. The van der Waals surface area contributed by atoms with E-state index in [-0.39, 0.29) is 5.69 Å². The third-order valence-corrected chi connectivity index (χ3v) is 4.53. The Morgan fingerprint density at radius 3 is 2.23 bits per heavy atom. The highest BCUT2D eigenvalue weighted by Crippen LogP contribution is 2.39. The van der Waals surface area contributed by atoms with Crippen LogP contribution in [0.5, 0.6) is 11.5 Å². The minimum atomic E-state index is -5.14. The molecule has 2 aromatic heterocycles. The van der Waals surface area contributed by atoms with Gasteiger partial charge in [0, 0.05) is 5.69 Å². The molecule has 0 fully saturated rings. The molecule has 0 aliphatic rings. The van der Waals surface area contributed by atoms with Gasteiger partial charge in [-0.15, -0.1) is 0 Å². The molecule has 164 valence electrons. The number of nitrogens with one attached hydrogen (secondary N) is 1. The van der Waals surface area contributed by atoms with Gasteiger partial charge in [0.15, 0.2) is 11.5 Å². The molecule has 3 aromatic rings. The third kappa shape index (κ3) is 4.82. The Balaban J connectivity index is 2.13. The van der Waals surface area contributed by atoms with E-state index in [0.717, 1.165) is 17.7 Å². The highest BCUT2D eigenvalue weighted by atomic mass is 35.5. The maximum atomic E-state index is 13.6. The molecule has 0 spiro atoms. The van der Waals surface area contributed by atoms with Crippen molar-refractivity contribution in [2.45, 2.75) is 26.2 Å². The van der Waals surface area contributed by atoms with Gasteiger partial charge in [-0.1, -0.05) is 17.7 Å². The van der Waals surface area contributed by atoms with E-state index in [1.54, 1.807) is 19.9 Å². The van der Waals surface area contributed by atoms with Crippen LogP contribution in [0.2, 0.25) is 5.02 Å². The summed E-state index contributed by atoms with van der Waals surface area (Å²) in [6, 6.07) is 5.04. The van der Waals surface area contributed by atoms with Crippen LogP contribution in [0.15, 0.2) is 35.1 Å². The number of hydrogen-bond donors (Lipinski definition) is 1. The second-order valence-electron chi connectivity index (χ2n) is 6.43. The number of halogens is 7. The molecule has 31 heavy (non-hydrogen) atoms. The number of H-pyrrole nitrogens is 1. The van der Waals surface area contributed by atoms with E-state index in [2.05, 4.69) is 15.0 Å². The molecule has 2 heterocycles. The maximum absolute atomic E-state index is 13.6. The minimum Gasteiger partial charge on any atom is -0.449 e. The second kappa shape index (κ2) is 7.88. The number of benzene rings is 1. The second-order valence-corrected chi connectivity index (χ2v) is 6.84. The minimum absolute atomic E-state index is 0.0249. The van der Waals surface area contributed by atoms with E-state index in [9.17, 15) is 31.1 Å². The number of aryl methyl sites for hydroxylation is 2. The molecule has 0 amide bonds. The van der Waals surface area contributed by atoms with Gasteiger partial charge >= 0.3 is 12.4 Å². The van der Waals surface area contributed by atoms with Crippen LogP contribution >= 0.6 is 11.6 Å². The van der Waals surface area contributed by atoms with Gasteiger partial charge in [0.05, 0.1) is 10.6 Å². The van der Waals surface area contributed by atoms with Gasteiger partial charge in [0.1, 0.15) is 11.4 Å². The SMILES string of the molecule is Cc1ccc(-c2nc(C(F)(F)F)c(Oc3ccc(Cl)c(C(F)(F)F)c3)c(=O)[nH]2)nc1C. The standard InChI is InChI=1S/C19H12ClF6N3O2/c1-8-3-6-13(27-9(8)2)16-28-15(19(24,25)26)14(17(30)29-16)31-10-4-5-12(20)11(7-10)18(21,22)23/h3-7H,1-2H3,(H,28,29,30). The van der Waals surface area contributed by atoms with Gasteiger partial charge in [-0.25, -0.2) is 9.97 Å². The highest BCUT2D eigenvalue weighted by molar-refractivity contribution is 6.31. The Kier molecular flexibility index (Phi) is 5.74. The molecule has 0 aliphatic carbocycles. The average Bonchev–Trinajstić information content (AvgIpc) is 2.65. The predicted octanol–water partition coefficient (Wildman–Crippen LogP) is 5.93. The van der Waals surface area contributed by atoms with E-state index >= 15 is 0 Å². The van der Waals surface area contributed by atoms with Crippen molar-refractivity contribution in [3.8, 4) is 23.0 Å². The van der Waals surface area contributed by atoms with Gasteiger partial charge < -0.3 is 9.72 Å². The molecule has 0 atom stereocenters. The number of aromatic nitrogens is 3. The number of ether oxygens (including phenoxy) is 1. The zero-order chi connectivity index (χ0) is 23.1. The van der Waals surface area contributed by atoms with Crippen LogP contribution in [0, 0.1) is 13.8 Å². The molecule has 1 N–H and O–H groups in total. The normalized spacial score (nSPS) is 12.2. The van der Waals surface area contributed by atoms with Crippen molar-refractivity contribution in [1.82, 2.24) is 15.0 Å². The van der Waals surface area contributed by atoms with Crippen molar-refractivity contribution >= 4 is 11.6 Å². The monoisotopic (exact) mass is 463 g/mol. The molecular weight excluding hydrogens is 452 g/mol. The molecular formula is C19H12ClF6N3O2. The first-order valence-electron chi connectivity index (χ1n) is 8.48. The molecule has 0 saturated heterocycles. The lowest BCUT2D eigenvalue weighted by molar-refractivity contribution is -0.142. The summed E-state index contributed by atoms with van der Waals surface area (Å²) in [5.74, 6) is -2.46. The first-order chi connectivity index (χ1) is 14.3. The van der Waals surface area contributed by atoms with Gasteiger partial charge in [-0.05, 0) is 43.7 Å². The van der Waals surface area contributed by atoms with Crippen LogP contribution in [0.1, 0.15) is 22.5 Å². The lowest BCUT2D eigenvalue weighted by Crippen LogP contribution is -2.21. The summed E-state index contributed by atoms with van der Waals surface area (Å²) in [6.07, 6.45) is -10.0. The molecule has 0 saturated carbocycles. The summed E-state index contributed by atoms with van der Waals surface area (Å²) in [4.78, 5) is 22.0. The molecule has 5 nitrogen and oxygen atoms in total. The van der Waals surface area contributed by atoms with Crippen LogP contribution in [0.4, 0.5) is 26.3 Å². The summed E-state index contributed by atoms with van der Waals surface area (Å²) in [6.45, 7) is 3.36. The fourth-order valence-electron chi connectivity index (χ4n) is 2.54. The summed E-state index contributed by atoms with van der Waals surface area (Å²) < 4.78 is 84.7. The Bertz CT molecular complexity index is 1200. The summed E-state index contributed by atoms with van der Waals surface area (Å²) in [7, 11) is 0. The number of hydrogen-bond acceptors (Lipinski definition) is 4. The molecule has 3 rings (SSSR count). The van der Waals surface area contributed by atoms with Crippen molar-refractivity contribution in [3.63, 3.8) is 0 Å². The van der Waals surface area contributed by atoms with Gasteiger partial charge in [-0.2, -0.15) is 26.3 Å². The number of aromatic amines is 1. The van der Waals surface area contributed by atoms with Crippen LogP contribution in [-0.2, 0) is 12.4 Å². The van der Waals surface area contributed by atoms with E-state index in [1.807, 2.05) is 0 Å². The van der Waals surface area contributed by atoms with Gasteiger partial charge in [0.2, 0.25) is 5.75 Å². The summed E-state index contributed by atoms with van der Waals surface area (Å²) >= 11 is 5.49. The van der Waals surface area contributed by atoms with Crippen LogP contribution in [0.3, 0.4) is 0 Å². The first-order valence-corrected chi connectivity index (χ1v) is 8.86. The Morgan fingerprint density at radius 1 is 0.968 bits per heavy atom. The molecule has 0 unspecified atom stereocenters. The van der Waals surface area contributed by atoms with Crippen molar-refractivity contribution < 1.29 is 31.1 Å². The Labute approximate surface area is 175 Å². The topological polar surface area (TPSA) is 67.9 Å². The average molecular weight is 464 g/mol. The van der Waals surface area contributed by atoms with Crippen molar-refractivity contribution in [1.29, 1.82) is 0 Å². The number of alkyl halides is 6. The fourth-order valence-corrected chi connectivity index (χ4v) is 2.76. The maximum Gasteiger partial charge on any atom is 0.437 e. The predicted molar refractivity (Wildman–Crippen MR) is 99.1 cm³/mol. The molecule has 0 radical (unpaired) electrons. The molecule has 0 aliphatic heterocycles. The Morgan fingerprint density at radius 2 is 1.65 bits per heavy atom. The van der Waals surface area contributed by atoms with Crippen molar-refractivity contribution in [2.75, 3.05) is 0 Å². The highest BCUT2D eigenvalue weighted by Gasteiger charge is 2.39. The Hall–Kier alpha value is -3.08. The van der Waals surface area contributed by atoms with E-state index in [4.69, 9.17) is 16.3 Å². The third-order valence-electron chi connectivity index (χ3n) is 4.20. The van der Waals surface area contributed by atoms with E-state index < -0.39 is 51.5 Å². The largest absolute Gasteiger partial charge is 0.449 e. The van der Waals surface area contributed by atoms with Crippen LogP contribution in [-0.4, -0.2) is 15.0 Å². The first kappa shape index (κ1) is 22.6. The lowest BCUT2D eigenvalue weighted by atomic mass is 10.2. The lowest BCUT2D eigenvalue weighted by Gasteiger charge is -2.15. The quantitative estimate of drug-likeness (QED) is 0.489. The van der Waals surface area contributed by atoms with Gasteiger partial charge in [-0.3, -0.25) is 4.79 Å². The van der Waals surface area contributed by atoms with E-state index in [1.165, 1.54) is 6.07 Å². The molecule has 1 aromatic carbocycles. The van der Waals surface area contributed by atoms with Crippen molar-refractivity contribution in [3.05, 3.63) is 68.2 Å².